The van der Waals surface area contributed by atoms with E-state index in [0.717, 1.165) is 6.42 Å². The van der Waals surface area contributed by atoms with Crippen LogP contribution in [0.25, 0.3) is 0 Å². The van der Waals surface area contributed by atoms with Gasteiger partial charge in [0.1, 0.15) is 6.61 Å². The first-order valence-corrected chi connectivity index (χ1v) is 8.23. The van der Waals surface area contributed by atoms with Gasteiger partial charge in [0.05, 0.1) is 6.10 Å². The van der Waals surface area contributed by atoms with Crippen LogP contribution in [0.3, 0.4) is 0 Å². The van der Waals surface area contributed by atoms with Crippen molar-refractivity contribution in [3.05, 3.63) is 12.2 Å². The number of aliphatic hydroxyl groups excluding tert-OH is 1. The highest BCUT2D eigenvalue weighted by Gasteiger charge is 2.70. The van der Waals surface area contributed by atoms with Gasteiger partial charge in [-0.2, -0.15) is 0 Å². The molecule has 3 aliphatic rings. The molecule has 1 aliphatic heterocycles. The van der Waals surface area contributed by atoms with Crippen molar-refractivity contribution in [1.29, 1.82) is 0 Å². The van der Waals surface area contributed by atoms with E-state index >= 15 is 0 Å². The molecule has 6 atom stereocenters. The lowest BCUT2D eigenvalue weighted by Gasteiger charge is -2.45. The van der Waals surface area contributed by atoms with E-state index < -0.39 is 22.9 Å². The minimum absolute atomic E-state index is 0.0858. The van der Waals surface area contributed by atoms with Gasteiger partial charge in [0, 0.05) is 9.34 Å². The lowest BCUT2D eigenvalue weighted by atomic mass is 9.61. The molecule has 5 heteroatoms. The van der Waals surface area contributed by atoms with Crippen LogP contribution >= 0.6 is 22.6 Å². The maximum Gasteiger partial charge on any atom is 0.324 e. The van der Waals surface area contributed by atoms with Crippen LogP contribution in [0.15, 0.2) is 12.2 Å². The lowest BCUT2D eigenvalue weighted by molar-refractivity contribution is -0.152. The Hall–Kier alpha value is -0.430. The molecule has 0 aromatic rings. The number of hydrogen-bond donors (Lipinski definition) is 1. The molecule has 0 amide bonds. The molecule has 1 saturated heterocycles. The molecule has 1 N–H and O–H groups in total. The fourth-order valence-electron chi connectivity index (χ4n) is 4.33. The number of ether oxygens (including phenoxy) is 1. The largest absolute Gasteiger partial charge is 0.460 e. The monoisotopic (exact) mass is 390 g/mol. The Morgan fingerprint density at radius 1 is 1.45 bits per heavy atom. The van der Waals surface area contributed by atoms with Crippen LogP contribution in [0.4, 0.5) is 0 Å². The van der Waals surface area contributed by atoms with Gasteiger partial charge < -0.3 is 9.84 Å². The van der Waals surface area contributed by atoms with Crippen molar-refractivity contribution in [2.75, 3.05) is 6.61 Å². The Labute approximate surface area is 132 Å². The van der Waals surface area contributed by atoms with Gasteiger partial charge in [-0.3, -0.25) is 9.59 Å². The minimum Gasteiger partial charge on any atom is -0.460 e. The van der Waals surface area contributed by atoms with Gasteiger partial charge in [0.25, 0.3) is 0 Å². The number of halogens is 1. The third-order valence-corrected chi connectivity index (χ3v) is 7.19. The average molecular weight is 390 g/mol. The van der Waals surface area contributed by atoms with E-state index in [1.807, 2.05) is 13.8 Å². The normalized spacial score (nSPS) is 51.5. The molecule has 0 aromatic carbocycles. The van der Waals surface area contributed by atoms with Crippen molar-refractivity contribution in [3.8, 4) is 0 Å². The molecule has 1 heterocycles. The number of hydrogen-bond acceptors (Lipinski definition) is 4. The number of fused-ring (bicyclic) bond motifs is 1. The second-order valence-electron chi connectivity index (χ2n) is 6.63. The van der Waals surface area contributed by atoms with Crippen LogP contribution in [0.5, 0.6) is 0 Å². The summed E-state index contributed by atoms with van der Waals surface area (Å²) in [4.78, 5) is 25.3. The zero-order chi connectivity index (χ0) is 14.9. The van der Waals surface area contributed by atoms with Gasteiger partial charge in [0.2, 0.25) is 0 Å². The lowest BCUT2D eigenvalue weighted by Crippen LogP contribution is -2.51. The number of cyclic esters (lactones) is 1. The Balaban J connectivity index is 2.10. The molecule has 2 saturated carbocycles. The van der Waals surface area contributed by atoms with Gasteiger partial charge in [-0.05, 0) is 30.3 Å². The van der Waals surface area contributed by atoms with E-state index in [2.05, 4.69) is 29.2 Å². The third kappa shape index (κ3) is 1.46. The molecular weight excluding hydrogens is 371 g/mol. The fourth-order valence-corrected chi connectivity index (χ4v) is 5.57. The molecule has 1 spiro atoms. The average Bonchev–Trinajstić information content (AvgIpc) is 2.82. The maximum absolute atomic E-state index is 13.1. The predicted octanol–water partition coefficient (Wildman–Crippen LogP) is 1.89. The first kappa shape index (κ1) is 14.5. The summed E-state index contributed by atoms with van der Waals surface area (Å²) in [5.41, 5.74) is -1.21. The summed E-state index contributed by atoms with van der Waals surface area (Å²) in [7, 11) is 0. The van der Waals surface area contributed by atoms with Crippen molar-refractivity contribution >= 4 is 34.3 Å². The van der Waals surface area contributed by atoms with Crippen molar-refractivity contribution < 1.29 is 19.4 Å². The number of aliphatic hydroxyl groups is 1. The van der Waals surface area contributed by atoms with Crippen LogP contribution in [-0.4, -0.2) is 33.5 Å². The fraction of sp³-hybridized carbons (Fsp3) is 0.733. The zero-order valence-electron chi connectivity index (χ0n) is 11.7. The highest BCUT2D eigenvalue weighted by molar-refractivity contribution is 14.1. The van der Waals surface area contributed by atoms with Crippen LogP contribution in [0, 0.1) is 22.7 Å². The second-order valence-corrected chi connectivity index (χ2v) is 8.23. The number of alkyl halides is 1. The van der Waals surface area contributed by atoms with Gasteiger partial charge in [-0.1, -0.05) is 43.0 Å². The minimum atomic E-state index is -1.14. The van der Waals surface area contributed by atoms with Crippen LogP contribution < -0.4 is 0 Å². The first-order valence-electron chi connectivity index (χ1n) is 6.98. The molecule has 20 heavy (non-hydrogen) atoms. The van der Waals surface area contributed by atoms with E-state index in [9.17, 15) is 14.7 Å². The van der Waals surface area contributed by atoms with E-state index in [-0.39, 0.29) is 28.2 Å². The van der Waals surface area contributed by atoms with Gasteiger partial charge in [0.15, 0.2) is 11.2 Å². The van der Waals surface area contributed by atoms with Gasteiger partial charge >= 0.3 is 5.97 Å². The van der Waals surface area contributed by atoms with Crippen LogP contribution in [0.1, 0.15) is 26.7 Å². The molecule has 4 nitrogen and oxygen atoms in total. The number of rotatable bonds is 0. The summed E-state index contributed by atoms with van der Waals surface area (Å²) >= 11 is 2.25. The molecule has 0 aromatic heterocycles. The van der Waals surface area contributed by atoms with E-state index in [1.54, 1.807) is 0 Å². The highest BCUT2D eigenvalue weighted by atomic mass is 127. The molecule has 110 valence electrons. The Kier molecular flexibility index (Phi) is 3.11. The molecular formula is C15H19IO4. The number of carbonyl (C=O) groups excluding carboxylic acids is 2. The maximum atomic E-state index is 13.1. The Morgan fingerprint density at radius 2 is 2.10 bits per heavy atom. The predicted molar refractivity (Wildman–Crippen MR) is 81.3 cm³/mol. The quantitative estimate of drug-likeness (QED) is 0.226. The highest BCUT2D eigenvalue weighted by Crippen LogP contribution is 2.63. The van der Waals surface area contributed by atoms with Gasteiger partial charge in [-0.15, -0.1) is 0 Å². The molecule has 3 rings (SSSR count). The van der Waals surface area contributed by atoms with E-state index in [1.165, 1.54) is 0 Å². The molecule has 0 unspecified atom stereocenters. The number of Topliss-reactive ketones (excluding diaryl/α,β-unsaturated/α-hetero) is 1. The summed E-state index contributed by atoms with van der Waals surface area (Å²) in [6.07, 6.45) is 0.745. The van der Waals surface area contributed by atoms with E-state index in [0.29, 0.717) is 12.0 Å². The smallest absolute Gasteiger partial charge is 0.324 e. The van der Waals surface area contributed by atoms with Gasteiger partial charge in [-0.25, -0.2) is 0 Å². The number of esters is 1. The first-order chi connectivity index (χ1) is 9.26. The summed E-state index contributed by atoms with van der Waals surface area (Å²) in [6, 6.07) is 0. The van der Waals surface area contributed by atoms with Crippen LogP contribution in [0.2, 0.25) is 0 Å². The SMILES string of the molecule is C=C1COC(=O)[C@]12C[C@H]1C[C@@H](I)[C@H](O)[C@H](C)[C@@]1(C)C2=O. The topological polar surface area (TPSA) is 63.6 Å². The standard InChI is InChI=1S/C15H19IO4/c1-7-6-20-13(19)15(7)5-9-4-10(16)11(17)8(2)14(9,3)12(15)18/h8-11,17H,1,4-6H2,2-3H3/t8-,9+,10+,11+,14+,15+/m0/s1. The zero-order valence-corrected chi connectivity index (χ0v) is 13.8. The summed E-state index contributed by atoms with van der Waals surface area (Å²) in [5, 5.41) is 10.3. The van der Waals surface area contributed by atoms with Crippen molar-refractivity contribution in [2.24, 2.45) is 22.7 Å². The second kappa shape index (κ2) is 4.29. The molecule has 3 fully saturated rings. The van der Waals surface area contributed by atoms with E-state index in [4.69, 9.17) is 4.74 Å². The number of carbonyl (C=O) groups is 2. The van der Waals surface area contributed by atoms with Crippen molar-refractivity contribution in [3.63, 3.8) is 0 Å². The summed E-state index contributed by atoms with van der Waals surface area (Å²) < 4.78 is 5.21. The molecule has 0 radical (unpaired) electrons. The summed E-state index contributed by atoms with van der Waals surface area (Å²) in [5.74, 6) is -0.568. The summed E-state index contributed by atoms with van der Waals surface area (Å²) in [6.45, 7) is 7.89. The number of ketones is 1. The third-order valence-electron chi connectivity index (χ3n) is 5.95. The van der Waals surface area contributed by atoms with Crippen molar-refractivity contribution in [2.45, 2.75) is 36.7 Å². The molecule has 0 bridgehead atoms. The Bertz CT molecular complexity index is 498. The van der Waals surface area contributed by atoms with Crippen LogP contribution in [-0.2, 0) is 14.3 Å². The molecule has 2 aliphatic carbocycles. The van der Waals surface area contributed by atoms with Crippen molar-refractivity contribution in [1.82, 2.24) is 0 Å². The Morgan fingerprint density at radius 3 is 2.65 bits per heavy atom.